The molecule has 7 N–H and O–H groups in total. The standard InChI is InChI=1S/C39H53N7O11S2/c1-3-27-24-39(27,43-36(48)32-23-28(25-41-32)44-59(55,56)35-21-13-11-19-33(35)46(51)52)37(49)45-58(53,54)34-20-12-10-18-31(34)40-22-14-6-4-5-7-17-30(26(2)47)42-38(50)57-29-15-8-9-16-29/h3,10-13,18-21,27-30,32,40-41,44,47H,1-2,4-9,14-17,22-25H2,(H,42,50)(H,43,48)(H,45,49)/t27-,28-,30+,32+,39-/m1/s1. The number of nitro groups is 1. The number of sulfonamides is 2. The molecule has 3 fully saturated rings. The van der Waals surface area contributed by atoms with Crippen LogP contribution in [0.15, 0.2) is 83.3 Å². The second-order valence-electron chi connectivity index (χ2n) is 15.2. The Balaban J connectivity index is 1.08. The van der Waals surface area contributed by atoms with E-state index in [2.05, 4.69) is 43.9 Å². The maximum Gasteiger partial charge on any atom is 0.407 e. The van der Waals surface area contributed by atoms with E-state index in [1.165, 1.54) is 30.3 Å². The minimum absolute atomic E-state index is 0.0130. The number of ether oxygens (including phenoxy) is 1. The summed E-state index contributed by atoms with van der Waals surface area (Å²) in [5.41, 5.74) is -1.93. The molecule has 0 radical (unpaired) electrons. The molecule has 0 bridgehead atoms. The Hall–Kier alpha value is -5.05. The smallest absolute Gasteiger partial charge is 0.407 e. The summed E-state index contributed by atoms with van der Waals surface area (Å²) in [5, 5.41) is 32.8. The predicted octanol–water partition coefficient (Wildman–Crippen LogP) is 4.03. The lowest BCUT2D eigenvalue weighted by atomic mass is 10.1. The summed E-state index contributed by atoms with van der Waals surface area (Å²) in [6.07, 6.45) is 9.09. The van der Waals surface area contributed by atoms with Crippen LogP contribution in [0.1, 0.15) is 77.0 Å². The summed E-state index contributed by atoms with van der Waals surface area (Å²) in [4.78, 5) is 49.2. The third-order valence-electron chi connectivity index (χ3n) is 10.8. The van der Waals surface area contributed by atoms with Gasteiger partial charge in [0, 0.05) is 31.1 Å². The molecule has 18 nitrogen and oxygen atoms in total. The fraction of sp³-hybridized carbons (Fsp3) is 0.513. The predicted molar refractivity (Wildman–Crippen MR) is 218 cm³/mol. The number of benzene rings is 2. The van der Waals surface area contributed by atoms with Crippen molar-refractivity contribution in [2.75, 3.05) is 18.4 Å². The van der Waals surface area contributed by atoms with Gasteiger partial charge < -0.3 is 31.1 Å². The average Bonchev–Trinajstić information content (AvgIpc) is 3.44. The molecule has 3 aliphatic rings. The molecule has 0 aromatic heterocycles. The third-order valence-corrected chi connectivity index (χ3v) is 13.8. The molecule has 2 aromatic carbocycles. The summed E-state index contributed by atoms with van der Waals surface area (Å²) in [7, 11) is -8.75. The number of nitro benzene ring substituents is 1. The van der Waals surface area contributed by atoms with Crippen molar-refractivity contribution >= 4 is 49.3 Å². The largest absolute Gasteiger partial charge is 0.511 e. The summed E-state index contributed by atoms with van der Waals surface area (Å²) in [6.45, 7) is 7.75. The quantitative estimate of drug-likeness (QED) is 0.0290. The second-order valence-corrected chi connectivity index (χ2v) is 18.5. The lowest BCUT2D eigenvalue weighted by Gasteiger charge is -2.21. The SMILES string of the molecule is C=C[C@@H]1C[C@]1(NC(=O)[C@@H]1C[C@@H](NS(=O)(=O)c2ccccc2[N+](=O)[O-])CN1)C(=O)NS(=O)(=O)c1ccccc1NCCCCCCC[C@H](NC(=O)OC1CCCC1)C(=C)O. The van der Waals surface area contributed by atoms with Crippen molar-refractivity contribution in [2.45, 2.75) is 117 Å². The highest BCUT2D eigenvalue weighted by Crippen LogP contribution is 2.45. The number of unbranched alkanes of at least 4 members (excludes halogenated alkanes) is 4. The van der Waals surface area contributed by atoms with Crippen LogP contribution in [0, 0.1) is 16.0 Å². The van der Waals surface area contributed by atoms with Gasteiger partial charge in [-0.1, -0.05) is 62.6 Å². The lowest BCUT2D eigenvalue weighted by Crippen LogP contribution is -2.55. The first kappa shape index (κ1) is 45.0. The van der Waals surface area contributed by atoms with Gasteiger partial charge in [-0.15, -0.1) is 6.58 Å². The Kier molecular flexibility index (Phi) is 15.1. The van der Waals surface area contributed by atoms with Crippen LogP contribution in [0.4, 0.5) is 16.2 Å². The number of para-hydroxylation sites is 2. The van der Waals surface area contributed by atoms with Gasteiger partial charge in [-0.25, -0.2) is 31.1 Å². The minimum Gasteiger partial charge on any atom is -0.511 e. The van der Waals surface area contributed by atoms with E-state index in [1.807, 2.05) is 0 Å². The Bertz CT molecular complexity index is 2110. The first-order valence-electron chi connectivity index (χ1n) is 19.7. The molecule has 1 saturated heterocycles. The molecule has 322 valence electrons. The van der Waals surface area contributed by atoms with Crippen LogP contribution in [0.25, 0.3) is 0 Å². The van der Waals surface area contributed by atoms with Gasteiger partial charge in [0.2, 0.25) is 15.9 Å². The molecular formula is C39H53N7O11S2. The molecule has 2 aliphatic carbocycles. The number of aliphatic hydroxyl groups excluding tert-OH is 1. The molecule has 20 heteroatoms. The molecule has 0 spiro atoms. The van der Waals surface area contributed by atoms with E-state index in [0.717, 1.165) is 63.5 Å². The number of carbonyl (C=O) groups excluding carboxylic acids is 3. The van der Waals surface area contributed by atoms with Crippen LogP contribution < -0.4 is 30.7 Å². The highest BCUT2D eigenvalue weighted by molar-refractivity contribution is 7.90. The molecular weight excluding hydrogens is 807 g/mol. The molecule has 5 rings (SSSR count). The van der Waals surface area contributed by atoms with Gasteiger partial charge in [-0.3, -0.25) is 19.7 Å². The van der Waals surface area contributed by atoms with Gasteiger partial charge in [-0.05, 0) is 69.6 Å². The van der Waals surface area contributed by atoms with Crippen molar-refractivity contribution in [3.63, 3.8) is 0 Å². The van der Waals surface area contributed by atoms with Gasteiger partial charge in [0.05, 0.1) is 22.7 Å². The zero-order chi connectivity index (χ0) is 42.8. The molecule has 1 aliphatic heterocycles. The van der Waals surface area contributed by atoms with Crippen LogP contribution in [-0.4, -0.2) is 87.6 Å². The zero-order valence-electron chi connectivity index (χ0n) is 32.7. The van der Waals surface area contributed by atoms with Crippen molar-refractivity contribution in [1.82, 2.24) is 25.4 Å². The summed E-state index contributed by atoms with van der Waals surface area (Å²) < 4.78 is 63.2. The van der Waals surface area contributed by atoms with Gasteiger partial charge in [0.25, 0.3) is 21.6 Å². The Morgan fingerprint density at radius 3 is 2.32 bits per heavy atom. The zero-order valence-corrected chi connectivity index (χ0v) is 34.3. The third kappa shape index (κ3) is 11.8. The molecule has 0 unspecified atom stereocenters. The number of anilines is 1. The summed E-state index contributed by atoms with van der Waals surface area (Å²) in [6, 6.07) is 8.64. The van der Waals surface area contributed by atoms with Gasteiger partial charge >= 0.3 is 6.09 Å². The van der Waals surface area contributed by atoms with Gasteiger partial charge in [0.1, 0.15) is 22.3 Å². The van der Waals surface area contributed by atoms with Crippen molar-refractivity contribution < 1.29 is 46.0 Å². The van der Waals surface area contributed by atoms with E-state index < -0.39 is 83.0 Å². The summed E-state index contributed by atoms with van der Waals surface area (Å²) >= 11 is 0. The van der Waals surface area contributed by atoms with Crippen LogP contribution in [0.3, 0.4) is 0 Å². The first-order valence-corrected chi connectivity index (χ1v) is 22.7. The molecule has 2 saturated carbocycles. The monoisotopic (exact) mass is 859 g/mol. The van der Waals surface area contributed by atoms with Crippen molar-refractivity contribution in [3.05, 3.63) is 83.6 Å². The van der Waals surface area contributed by atoms with Crippen molar-refractivity contribution in [2.24, 2.45) is 5.92 Å². The van der Waals surface area contributed by atoms with Crippen LogP contribution >= 0.6 is 0 Å². The molecule has 2 aromatic rings. The normalized spacial score (nSPS) is 22.1. The van der Waals surface area contributed by atoms with E-state index in [-0.39, 0.29) is 41.8 Å². The number of nitrogens with zero attached hydrogens (tertiary/aromatic N) is 1. The number of alkyl carbamates (subject to hydrolysis) is 1. The van der Waals surface area contributed by atoms with E-state index in [9.17, 15) is 46.4 Å². The number of amides is 3. The molecule has 5 atom stereocenters. The van der Waals surface area contributed by atoms with E-state index in [4.69, 9.17) is 4.74 Å². The second kappa shape index (κ2) is 19.8. The Morgan fingerprint density at radius 1 is 0.983 bits per heavy atom. The fourth-order valence-electron chi connectivity index (χ4n) is 7.48. The number of carbonyl (C=O) groups is 3. The molecule has 1 heterocycles. The van der Waals surface area contributed by atoms with Crippen LogP contribution in [-0.2, 0) is 34.4 Å². The van der Waals surface area contributed by atoms with E-state index in [0.29, 0.717) is 19.4 Å². The van der Waals surface area contributed by atoms with Gasteiger partial charge in [-0.2, -0.15) is 0 Å². The highest BCUT2D eigenvalue weighted by atomic mass is 32.2. The average molecular weight is 860 g/mol. The lowest BCUT2D eigenvalue weighted by molar-refractivity contribution is -0.387. The number of rotatable bonds is 22. The highest BCUT2D eigenvalue weighted by Gasteiger charge is 2.61. The van der Waals surface area contributed by atoms with Gasteiger partial charge in [0.15, 0.2) is 4.90 Å². The number of hydrogen-bond donors (Lipinski definition) is 7. The van der Waals surface area contributed by atoms with Crippen molar-refractivity contribution in [1.29, 1.82) is 0 Å². The first-order chi connectivity index (χ1) is 28.1. The fourth-order valence-corrected chi connectivity index (χ4v) is 10.1. The summed E-state index contributed by atoms with van der Waals surface area (Å²) in [5.74, 6) is -2.31. The van der Waals surface area contributed by atoms with Crippen molar-refractivity contribution in [3.8, 4) is 0 Å². The Labute approximate surface area is 344 Å². The topological polar surface area (TPSA) is 264 Å². The number of nitrogens with one attached hydrogen (secondary N) is 6. The van der Waals surface area contributed by atoms with E-state index >= 15 is 0 Å². The Morgan fingerprint density at radius 2 is 1.64 bits per heavy atom. The maximum absolute atomic E-state index is 13.6. The van der Waals surface area contributed by atoms with E-state index in [1.54, 1.807) is 12.1 Å². The molecule has 59 heavy (non-hydrogen) atoms. The maximum atomic E-state index is 13.6. The molecule has 3 amide bonds. The van der Waals surface area contributed by atoms with Crippen LogP contribution in [0.5, 0.6) is 0 Å². The minimum atomic E-state index is -4.42. The number of hydrogen-bond acceptors (Lipinski definition) is 13. The van der Waals surface area contributed by atoms with Crippen LogP contribution in [0.2, 0.25) is 0 Å². The number of aliphatic hydroxyl groups is 1.